The molecule has 4 nitrogen and oxygen atoms in total. The van der Waals surface area contributed by atoms with E-state index in [0.717, 1.165) is 0 Å². The molecular formula is C13H21ClO4. The van der Waals surface area contributed by atoms with Crippen molar-refractivity contribution in [3.05, 3.63) is 0 Å². The average Bonchev–Trinajstić information content (AvgIpc) is 2.27. The number of halogens is 1. The quantitative estimate of drug-likeness (QED) is 0.587. The summed E-state index contributed by atoms with van der Waals surface area (Å²) >= 11 is 5.35. The van der Waals surface area contributed by atoms with Gasteiger partial charge in [0.05, 0.1) is 11.8 Å². The molecule has 0 aromatic rings. The molecular weight excluding hydrogens is 256 g/mol. The van der Waals surface area contributed by atoms with Gasteiger partial charge >= 0.3 is 11.9 Å². The first-order valence-corrected chi connectivity index (χ1v) is 6.82. The summed E-state index contributed by atoms with van der Waals surface area (Å²) in [6.07, 6.45) is 2.69. The van der Waals surface area contributed by atoms with Gasteiger partial charge in [0, 0.05) is 0 Å². The minimum atomic E-state index is -0.453. The number of esters is 2. The Kier molecular flexibility index (Phi) is 5.45. The lowest BCUT2D eigenvalue weighted by Gasteiger charge is -2.28. The van der Waals surface area contributed by atoms with Crippen LogP contribution in [0.4, 0.5) is 0 Å². The van der Waals surface area contributed by atoms with E-state index in [1.165, 1.54) is 0 Å². The maximum Gasteiger partial charge on any atom is 0.310 e. The fourth-order valence-corrected chi connectivity index (χ4v) is 2.23. The van der Waals surface area contributed by atoms with Crippen molar-refractivity contribution >= 4 is 23.5 Å². The van der Waals surface area contributed by atoms with Gasteiger partial charge < -0.3 is 9.47 Å². The molecule has 18 heavy (non-hydrogen) atoms. The summed E-state index contributed by atoms with van der Waals surface area (Å²) in [5.74, 6) is -0.633. The monoisotopic (exact) mass is 276 g/mol. The topological polar surface area (TPSA) is 52.6 Å². The molecule has 1 aliphatic carbocycles. The second-order valence-electron chi connectivity index (χ2n) is 5.65. The van der Waals surface area contributed by atoms with E-state index in [-0.39, 0.29) is 29.8 Å². The first kappa shape index (κ1) is 15.3. The highest BCUT2D eigenvalue weighted by molar-refractivity contribution is 6.17. The molecule has 1 fully saturated rings. The molecule has 0 amide bonds. The van der Waals surface area contributed by atoms with E-state index in [1.54, 1.807) is 0 Å². The SMILES string of the molecule is CC(C)(C)OC(=O)C1CCC(C(=O)OCCl)CC1. The lowest BCUT2D eigenvalue weighted by Crippen LogP contribution is -2.32. The van der Waals surface area contributed by atoms with Crippen molar-refractivity contribution < 1.29 is 19.1 Å². The van der Waals surface area contributed by atoms with Gasteiger partial charge in [-0.1, -0.05) is 11.6 Å². The summed E-state index contributed by atoms with van der Waals surface area (Å²) < 4.78 is 10.1. The van der Waals surface area contributed by atoms with Crippen molar-refractivity contribution in [2.45, 2.75) is 52.1 Å². The van der Waals surface area contributed by atoms with Gasteiger partial charge in [0.2, 0.25) is 0 Å². The van der Waals surface area contributed by atoms with Gasteiger partial charge in [-0.2, -0.15) is 0 Å². The first-order chi connectivity index (χ1) is 8.33. The van der Waals surface area contributed by atoms with Gasteiger partial charge in [-0.25, -0.2) is 0 Å². The Bertz CT molecular complexity index is 301. The Hall–Kier alpha value is -0.770. The van der Waals surface area contributed by atoms with Crippen LogP contribution in [-0.4, -0.2) is 23.6 Å². The van der Waals surface area contributed by atoms with Crippen LogP contribution in [0.3, 0.4) is 0 Å². The molecule has 0 aliphatic heterocycles. The van der Waals surface area contributed by atoms with E-state index in [2.05, 4.69) is 0 Å². The molecule has 104 valence electrons. The van der Waals surface area contributed by atoms with E-state index in [0.29, 0.717) is 25.7 Å². The zero-order valence-corrected chi connectivity index (χ0v) is 12.0. The number of hydrogen-bond acceptors (Lipinski definition) is 4. The molecule has 1 aliphatic rings. The Morgan fingerprint density at radius 2 is 1.50 bits per heavy atom. The average molecular weight is 277 g/mol. The molecule has 0 aromatic heterocycles. The number of alkyl halides is 1. The standard InChI is InChI=1S/C13H21ClO4/c1-13(2,3)18-12(16)10-6-4-9(5-7-10)11(15)17-8-14/h9-10H,4-8H2,1-3H3. The molecule has 0 spiro atoms. The fourth-order valence-electron chi connectivity index (χ4n) is 2.12. The second kappa shape index (κ2) is 6.41. The summed E-state index contributed by atoms with van der Waals surface area (Å²) in [7, 11) is 0. The molecule has 1 rings (SSSR count). The predicted molar refractivity (Wildman–Crippen MR) is 68.1 cm³/mol. The van der Waals surface area contributed by atoms with Crippen molar-refractivity contribution in [2.24, 2.45) is 11.8 Å². The minimum absolute atomic E-state index is 0.0933. The highest BCUT2D eigenvalue weighted by Crippen LogP contribution is 2.31. The Morgan fingerprint density at radius 1 is 1.06 bits per heavy atom. The Balaban J connectivity index is 2.39. The first-order valence-electron chi connectivity index (χ1n) is 6.29. The van der Waals surface area contributed by atoms with Crippen LogP contribution in [0.25, 0.3) is 0 Å². The number of carbonyl (C=O) groups excluding carboxylic acids is 2. The third-order valence-corrected chi connectivity index (χ3v) is 3.11. The summed E-state index contributed by atoms with van der Waals surface area (Å²) in [4.78, 5) is 23.3. The normalized spacial score (nSPS) is 24.4. The molecule has 0 unspecified atom stereocenters. The van der Waals surface area contributed by atoms with Gasteiger partial charge in [0.25, 0.3) is 0 Å². The molecule has 0 radical (unpaired) electrons. The highest BCUT2D eigenvalue weighted by Gasteiger charge is 2.33. The maximum atomic E-state index is 11.9. The Labute approximate surface area is 113 Å². The third-order valence-electron chi connectivity index (χ3n) is 3.00. The van der Waals surface area contributed by atoms with Crippen molar-refractivity contribution in [3.63, 3.8) is 0 Å². The smallest absolute Gasteiger partial charge is 0.310 e. The van der Waals surface area contributed by atoms with Crippen LogP contribution in [0.15, 0.2) is 0 Å². The van der Waals surface area contributed by atoms with E-state index in [1.807, 2.05) is 20.8 Å². The Morgan fingerprint density at radius 3 is 1.89 bits per heavy atom. The summed E-state index contributed by atoms with van der Waals surface area (Å²) in [6.45, 7) is 5.57. The largest absolute Gasteiger partial charge is 0.460 e. The van der Waals surface area contributed by atoms with Crippen LogP contribution in [-0.2, 0) is 19.1 Å². The van der Waals surface area contributed by atoms with Crippen LogP contribution >= 0.6 is 11.6 Å². The fraction of sp³-hybridized carbons (Fsp3) is 0.846. The van der Waals surface area contributed by atoms with Crippen LogP contribution in [0.5, 0.6) is 0 Å². The molecule has 0 aromatic carbocycles. The van der Waals surface area contributed by atoms with Crippen LogP contribution in [0.1, 0.15) is 46.5 Å². The van der Waals surface area contributed by atoms with E-state index in [4.69, 9.17) is 21.1 Å². The zero-order chi connectivity index (χ0) is 13.8. The van der Waals surface area contributed by atoms with E-state index in [9.17, 15) is 9.59 Å². The predicted octanol–water partition coefficient (Wildman–Crippen LogP) is 2.87. The minimum Gasteiger partial charge on any atom is -0.460 e. The van der Waals surface area contributed by atoms with Gasteiger partial charge in [0.15, 0.2) is 6.07 Å². The van der Waals surface area contributed by atoms with E-state index >= 15 is 0 Å². The lowest BCUT2D eigenvalue weighted by molar-refractivity contribution is -0.163. The van der Waals surface area contributed by atoms with Crippen molar-refractivity contribution in [1.82, 2.24) is 0 Å². The molecule has 1 saturated carbocycles. The van der Waals surface area contributed by atoms with Gasteiger partial charge in [-0.3, -0.25) is 9.59 Å². The van der Waals surface area contributed by atoms with Crippen molar-refractivity contribution in [1.29, 1.82) is 0 Å². The molecule has 5 heteroatoms. The van der Waals surface area contributed by atoms with Gasteiger partial charge in [0.1, 0.15) is 5.60 Å². The number of rotatable bonds is 3. The summed E-state index contributed by atoms with van der Waals surface area (Å²) in [5, 5.41) is 0. The number of ether oxygens (including phenoxy) is 2. The summed E-state index contributed by atoms with van der Waals surface area (Å²) in [5.41, 5.74) is -0.453. The molecule has 0 saturated heterocycles. The molecule has 0 heterocycles. The van der Waals surface area contributed by atoms with E-state index < -0.39 is 5.60 Å². The third kappa shape index (κ3) is 4.84. The van der Waals surface area contributed by atoms with Gasteiger partial charge in [-0.15, -0.1) is 0 Å². The van der Waals surface area contributed by atoms with Crippen LogP contribution in [0.2, 0.25) is 0 Å². The number of hydrogen-bond donors (Lipinski definition) is 0. The molecule has 0 bridgehead atoms. The zero-order valence-electron chi connectivity index (χ0n) is 11.2. The lowest BCUT2D eigenvalue weighted by atomic mass is 9.82. The molecule has 0 atom stereocenters. The van der Waals surface area contributed by atoms with Crippen molar-refractivity contribution in [2.75, 3.05) is 6.07 Å². The van der Waals surface area contributed by atoms with Crippen LogP contribution < -0.4 is 0 Å². The van der Waals surface area contributed by atoms with Crippen LogP contribution in [0, 0.1) is 11.8 Å². The second-order valence-corrected chi connectivity index (χ2v) is 5.87. The maximum absolute atomic E-state index is 11.9. The number of carbonyl (C=O) groups is 2. The molecule has 0 N–H and O–H groups in total. The van der Waals surface area contributed by atoms with Crippen molar-refractivity contribution in [3.8, 4) is 0 Å². The highest BCUT2D eigenvalue weighted by atomic mass is 35.5. The van der Waals surface area contributed by atoms with Gasteiger partial charge in [-0.05, 0) is 46.5 Å². The summed E-state index contributed by atoms with van der Waals surface area (Å²) in [6, 6.07) is -0.106.